The molecule has 1 aromatic heterocycles. The van der Waals surface area contributed by atoms with Gasteiger partial charge in [-0.3, -0.25) is 9.59 Å². The Morgan fingerprint density at radius 3 is 2.45 bits per heavy atom. The Labute approximate surface area is 182 Å². The van der Waals surface area contributed by atoms with Crippen molar-refractivity contribution in [2.24, 2.45) is 0 Å². The number of carbonyl (C=O) groups excluding carboxylic acids is 3. The van der Waals surface area contributed by atoms with Crippen LogP contribution in [-0.2, 0) is 9.53 Å². The zero-order chi connectivity index (χ0) is 22.2. The van der Waals surface area contributed by atoms with Crippen LogP contribution in [0.15, 0.2) is 59.3 Å². The third kappa shape index (κ3) is 5.61. The van der Waals surface area contributed by atoms with E-state index in [1.54, 1.807) is 53.2 Å². The van der Waals surface area contributed by atoms with Gasteiger partial charge in [-0.05, 0) is 35.7 Å². The van der Waals surface area contributed by atoms with Crippen LogP contribution in [0.1, 0.15) is 20.7 Å². The van der Waals surface area contributed by atoms with Gasteiger partial charge in [0.2, 0.25) is 0 Å². The Balaban J connectivity index is 1.64. The van der Waals surface area contributed by atoms with E-state index in [2.05, 4.69) is 10.6 Å². The molecule has 0 bridgehead atoms. The van der Waals surface area contributed by atoms with Gasteiger partial charge in [-0.1, -0.05) is 12.1 Å². The summed E-state index contributed by atoms with van der Waals surface area (Å²) in [7, 11) is 2.97. The Morgan fingerprint density at radius 2 is 1.74 bits per heavy atom. The minimum atomic E-state index is -0.742. The number of amides is 2. The molecule has 2 N–H and O–H groups in total. The van der Waals surface area contributed by atoms with Gasteiger partial charge in [-0.2, -0.15) is 11.3 Å². The lowest BCUT2D eigenvalue weighted by atomic mass is 10.1. The number of hydrogen-bond acceptors (Lipinski definition) is 7. The number of hydrogen-bond donors (Lipinski definition) is 2. The molecule has 0 unspecified atom stereocenters. The van der Waals surface area contributed by atoms with E-state index in [1.807, 2.05) is 0 Å². The lowest BCUT2D eigenvalue weighted by Gasteiger charge is -2.13. The Hall–Kier alpha value is -3.85. The molecule has 0 saturated carbocycles. The minimum Gasteiger partial charge on any atom is -0.497 e. The molecule has 2 aromatic carbocycles. The van der Waals surface area contributed by atoms with Crippen LogP contribution < -0.4 is 20.1 Å². The summed E-state index contributed by atoms with van der Waals surface area (Å²) in [6, 6.07) is 13.0. The number of methoxy groups -OCH3 is 2. The second-order valence-corrected chi connectivity index (χ2v) is 6.98. The average Bonchev–Trinajstić information content (AvgIpc) is 3.33. The highest BCUT2D eigenvalue weighted by atomic mass is 32.1. The molecule has 9 heteroatoms. The lowest BCUT2D eigenvalue weighted by molar-refractivity contribution is -0.119. The van der Waals surface area contributed by atoms with Gasteiger partial charge in [0.05, 0.1) is 36.7 Å². The fourth-order valence-corrected chi connectivity index (χ4v) is 3.30. The number of esters is 1. The predicted octanol–water partition coefficient (Wildman–Crippen LogP) is 3.81. The molecular formula is C22H20N2O6S. The van der Waals surface area contributed by atoms with Gasteiger partial charge < -0.3 is 24.8 Å². The van der Waals surface area contributed by atoms with Crippen molar-refractivity contribution in [2.75, 3.05) is 31.5 Å². The molecule has 160 valence electrons. The van der Waals surface area contributed by atoms with Gasteiger partial charge in [-0.15, -0.1) is 0 Å². The van der Waals surface area contributed by atoms with Crippen LogP contribution in [0.2, 0.25) is 0 Å². The summed E-state index contributed by atoms with van der Waals surface area (Å²) in [6.07, 6.45) is 0. The van der Waals surface area contributed by atoms with Gasteiger partial charge >= 0.3 is 5.97 Å². The fraction of sp³-hybridized carbons (Fsp3) is 0.136. The zero-order valence-corrected chi connectivity index (χ0v) is 17.7. The molecule has 0 radical (unpaired) electrons. The number of para-hydroxylation sites is 1. The number of nitrogens with one attached hydrogen (secondary N) is 2. The number of carbonyl (C=O) groups is 3. The van der Waals surface area contributed by atoms with Crippen molar-refractivity contribution >= 4 is 40.5 Å². The molecule has 1 heterocycles. The highest BCUT2D eigenvalue weighted by Crippen LogP contribution is 2.28. The summed E-state index contributed by atoms with van der Waals surface area (Å²) in [5, 5.41) is 8.79. The van der Waals surface area contributed by atoms with Gasteiger partial charge in [0.1, 0.15) is 11.5 Å². The maximum atomic E-state index is 12.5. The van der Waals surface area contributed by atoms with Gasteiger partial charge in [0, 0.05) is 11.4 Å². The quantitative estimate of drug-likeness (QED) is 0.517. The lowest BCUT2D eigenvalue weighted by Crippen LogP contribution is -2.22. The van der Waals surface area contributed by atoms with Crippen molar-refractivity contribution in [3.63, 3.8) is 0 Å². The van der Waals surface area contributed by atoms with E-state index >= 15 is 0 Å². The first kappa shape index (κ1) is 21.8. The first-order valence-corrected chi connectivity index (χ1v) is 10.1. The topological polar surface area (TPSA) is 103 Å². The first-order valence-electron chi connectivity index (χ1n) is 9.13. The Morgan fingerprint density at radius 1 is 0.935 bits per heavy atom. The SMILES string of the molecule is COc1ccc(OC)c(NC(=O)COC(=O)c2ccccc2NC(=O)c2ccsc2)c1. The van der Waals surface area contributed by atoms with Gasteiger partial charge in [0.15, 0.2) is 6.61 Å². The standard InChI is InChI=1S/C22H20N2O6S/c1-28-15-7-8-19(29-2)18(11-15)23-20(25)12-30-22(27)16-5-3-4-6-17(16)24-21(26)14-9-10-31-13-14/h3-11,13H,12H2,1-2H3,(H,23,25)(H,24,26). The molecule has 0 fully saturated rings. The van der Waals surface area contributed by atoms with E-state index in [9.17, 15) is 14.4 Å². The molecule has 0 aliphatic carbocycles. The molecule has 0 atom stereocenters. The predicted molar refractivity (Wildman–Crippen MR) is 117 cm³/mol. The Bertz CT molecular complexity index is 1080. The first-order chi connectivity index (χ1) is 15.0. The van der Waals surface area contributed by atoms with Gasteiger partial charge in [0.25, 0.3) is 11.8 Å². The number of thiophene rings is 1. The summed E-state index contributed by atoms with van der Waals surface area (Å²) in [5.41, 5.74) is 1.29. The van der Waals surface area contributed by atoms with Crippen molar-refractivity contribution in [2.45, 2.75) is 0 Å². The second kappa shape index (κ2) is 10.3. The van der Waals surface area contributed by atoms with E-state index in [1.165, 1.54) is 31.6 Å². The van der Waals surface area contributed by atoms with Crippen molar-refractivity contribution in [3.05, 3.63) is 70.4 Å². The largest absolute Gasteiger partial charge is 0.497 e. The van der Waals surface area contributed by atoms with E-state index in [-0.39, 0.29) is 11.5 Å². The summed E-state index contributed by atoms with van der Waals surface area (Å²) < 4.78 is 15.5. The summed E-state index contributed by atoms with van der Waals surface area (Å²) in [6.45, 7) is -0.522. The molecule has 0 spiro atoms. The highest BCUT2D eigenvalue weighted by molar-refractivity contribution is 7.08. The van der Waals surface area contributed by atoms with E-state index in [4.69, 9.17) is 14.2 Å². The van der Waals surface area contributed by atoms with Crippen molar-refractivity contribution in [3.8, 4) is 11.5 Å². The maximum absolute atomic E-state index is 12.5. The average molecular weight is 440 g/mol. The molecule has 0 aliphatic heterocycles. The third-order valence-corrected chi connectivity index (χ3v) is 4.88. The molecule has 0 aliphatic rings. The highest BCUT2D eigenvalue weighted by Gasteiger charge is 2.17. The zero-order valence-electron chi connectivity index (χ0n) is 16.8. The molecule has 8 nitrogen and oxygen atoms in total. The second-order valence-electron chi connectivity index (χ2n) is 6.20. The van der Waals surface area contributed by atoms with E-state index in [0.29, 0.717) is 28.4 Å². The monoisotopic (exact) mass is 440 g/mol. The molecule has 3 aromatic rings. The molecule has 3 rings (SSSR count). The molecular weight excluding hydrogens is 420 g/mol. The maximum Gasteiger partial charge on any atom is 0.340 e. The van der Waals surface area contributed by atoms with Crippen molar-refractivity contribution < 1.29 is 28.6 Å². The van der Waals surface area contributed by atoms with Crippen LogP contribution in [0, 0.1) is 0 Å². The number of ether oxygens (including phenoxy) is 3. The van der Waals surface area contributed by atoms with Crippen molar-refractivity contribution in [1.82, 2.24) is 0 Å². The van der Waals surface area contributed by atoms with Crippen LogP contribution in [0.25, 0.3) is 0 Å². The van der Waals surface area contributed by atoms with Crippen LogP contribution in [0.3, 0.4) is 0 Å². The Kier molecular flexibility index (Phi) is 7.23. The van der Waals surface area contributed by atoms with Crippen LogP contribution in [0.5, 0.6) is 11.5 Å². The third-order valence-electron chi connectivity index (χ3n) is 4.19. The normalized spacial score (nSPS) is 10.1. The van der Waals surface area contributed by atoms with Gasteiger partial charge in [-0.25, -0.2) is 4.79 Å². The molecule has 2 amide bonds. The van der Waals surface area contributed by atoms with Crippen LogP contribution in [-0.4, -0.2) is 38.6 Å². The van der Waals surface area contributed by atoms with Crippen molar-refractivity contribution in [1.29, 1.82) is 0 Å². The van der Waals surface area contributed by atoms with E-state index < -0.39 is 18.5 Å². The summed E-state index contributed by atoms with van der Waals surface area (Å²) in [5.74, 6) is -0.677. The molecule has 31 heavy (non-hydrogen) atoms. The fourth-order valence-electron chi connectivity index (χ4n) is 2.67. The number of rotatable bonds is 8. The van der Waals surface area contributed by atoms with E-state index in [0.717, 1.165) is 0 Å². The summed E-state index contributed by atoms with van der Waals surface area (Å²) in [4.78, 5) is 37.1. The smallest absolute Gasteiger partial charge is 0.340 e. The minimum absolute atomic E-state index is 0.137. The van der Waals surface area contributed by atoms with Crippen LogP contribution >= 0.6 is 11.3 Å². The number of benzene rings is 2. The number of anilines is 2. The molecule has 0 saturated heterocycles. The van der Waals surface area contributed by atoms with Crippen LogP contribution in [0.4, 0.5) is 11.4 Å². The summed E-state index contributed by atoms with van der Waals surface area (Å²) >= 11 is 1.39.